The zero-order valence-electron chi connectivity index (χ0n) is 23.0. The van der Waals surface area contributed by atoms with Crippen molar-refractivity contribution in [3.8, 4) is 22.3 Å². The summed E-state index contributed by atoms with van der Waals surface area (Å²) in [4.78, 5) is 2.49. The van der Waals surface area contributed by atoms with Gasteiger partial charge >= 0.3 is 0 Å². The van der Waals surface area contributed by atoms with E-state index in [0.29, 0.717) is 0 Å². The van der Waals surface area contributed by atoms with Crippen molar-refractivity contribution in [2.75, 3.05) is 4.90 Å². The second-order valence-corrected chi connectivity index (χ2v) is 11.5. The van der Waals surface area contributed by atoms with Crippen LogP contribution in [0.2, 0.25) is 0 Å². The summed E-state index contributed by atoms with van der Waals surface area (Å²) in [7, 11) is 0. The minimum Gasteiger partial charge on any atom is -0.456 e. The van der Waals surface area contributed by atoms with E-state index in [2.05, 4.69) is 128 Å². The molecule has 3 heterocycles. The summed E-state index contributed by atoms with van der Waals surface area (Å²) >= 11 is 0. The molecule has 2 aliphatic rings. The highest BCUT2D eigenvalue weighted by Crippen LogP contribution is 2.43. The first kappa shape index (κ1) is 22.8. The molecule has 0 atom stereocenters. The zero-order chi connectivity index (χ0) is 27.2. The SMILES string of the molecule is Cc1cccc(N2c3cc(C)ccc3B3c4ccccc4-c4cc(-c5ccc6oc7ccccc7c6c5)cc2c43)c1. The lowest BCUT2D eigenvalue weighted by molar-refractivity contribution is 0.669. The molecule has 9 rings (SSSR count). The van der Waals surface area contributed by atoms with Crippen LogP contribution in [0.3, 0.4) is 0 Å². The van der Waals surface area contributed by atoms with E-state index >= 15 is 0 Å². The molecule has 7 aromatic rings. The molecular formula is C38H26BNO. The molecule has 2 nitrogen and oxygen atoms in total. The lowest BCUT2D eigenvalue weighted by atomic mass is 9.37. The molecule has 3 heteroatoms. The average molecular weight is 523 g/mol. The molecule has 0 unspecified atom stereocenters. The normalized spacial score (nSPS) is 13.0. The largest absolute Gasteiger partial charge is 0.456 e. The number of fused-ring (bicyclic) bond motifs is 8. The van der Waals surface area contributed by atoms with Gasteiger partial charge < -0.3 is 9.32 Å². The zero-order valence-corrected chi connectivity index (χ0v) is 23.0. The van der Waals surface area contributed by atoms with E-state index < -0.39 is 0 Å². The third-order valence-electron chi connectivity index (χ3n) is 8.96. The van der Waals surface area contributed by atoms with Gasteiger partial charge in [0.25, 0.3) is 0 Å². The summed E-state index contributed by atoms with van der Waals surface area (Å²) in [6.45, 7) is 4.59. The lowest BCUT2D eigenvalue weighted by Crippen LogP contribution is -2.54. The molecule has 0 saturated heterocycles. The van der Waals surface area contributed by atoms with Crippen LogP contribution in [0.4, 0.5) is 17.1 Å². The van der Waals surface area contributed by atoms with E-state index in [9.17, 15) is 0 Å². The fraction of sp³-hybridized carbons (Fsp3) is 0.0526. The first-order chi connectivity index (χ1) is 20.1. The molecule has 0 spiro atoms. The van der Waals surface area contributed by atoms with E-state index in [1.807, 2.05) is 12.1 Å². The predicted molar refractivity (Wildman–Crippen MR) is 173 cm³/mol. The fourth-order valence-electron chi connectivity index (χ4n) is 7.16. The minimum absolute atomic E-state index is 0.224. The second kappa shape index (κ2) is 8.25. The van der Waals surface area contributed by atoms with Crippen LogP contribution in [-0.2, 0) is 0 Å². The average Bonchev–Trinajstić information content (AvgIpc) is 3.53. The third kappa shape index (κ3) is 3.20. The van der Waals surface area contributed by atoms with E-state index in [1.54, 1.807) is 0 Å². The van der Waals surface area contributed by atoms with Gasteiger partial charge in [0.2, 0.25) is 6.71 Å². The Morgan fingerprint density at radius 1 is 0.537 bits per heavy atom. The highest BCUT2D eigenvalue weighted by atomic mass is 16.3. The monoisotopic (exact) mass is 523 g/mol. The van der Waals surface area contributed by atoms with Crippen molar-refractivity contribution in [2.24, 2.45) is 0 Å². The summed E-state index contributed by atoms with van der Waals surface area (Å²) in [5.74, 6) is 0. The summed E-state index contributed by atoms with van der Waals surface area (Å²) in [6.07, 6.45) is 0. The summed E-state index contributed by atoms with van der Waals surface area (Å²) < 4.78 is 6.16. The lowest BCUT2D eigenvalue weighted by Gasteiger charge is -2.36. The van der Waals surface area contributed by atoms with Crippen molar-refractivity contribution in [1.29, 1.82) is 0 Å². The van der Waals surface area contributed by atoms with Gasteiger partial charge in [0.1, 0.15) is 11.2 Å². The molecule has 0 amide bonds. The van der Waals surface area contributed by atoms with Crippen LogP contribution in [0.25, 0.3) is 44.2 Å². The van der Waals surface area contributed by atoms with E-state index in [4.69, 9.17) is 4.42 Å². The topological polar surface area (TPSA) is 16.4 Å². The Labute approximate surface area is 239 Å². The van der Waals surface area contributed by atoms with Crippen molar-refractivity contribution < 1.29 is 4.42 Å². The Morgan fingerprint density at radius 3 is 2.29 bits per heavy atom. The second-order valence-electron chi connectivity index (χ2n) is 11.5. The maximum absolute atomic E-state index is 6.16. The van der Waals surface area contributed by atoms with Gasteiger partial charge in [0, 0.05) is 27.8 Å². The third-order valence-corrected chi connectivity index (χ3v) is 8.96. The van der Waals surface area contributed by atoms with Gasteiger partial charge in [-0.15, -0.1) is 0 Å². The number of furan rings is 1. The van der Waals surface area contributed by atoms with Crippen LogP contribution in [-0.4, -0.2) is 6.71 Å². The van der Waals surface area contributed by atoms with Gasteiger partial charge in [0.15, 0.2) is 0 Å². The Balaban J connectivity index is 1.36. The van der Waals surface area contributed by atoms with Crippen molar-refractivity contribution >= 4 is 62.1 Å². The van der Waals surface area contributed by atoms with Crippen LogP contribution in [0, 0.1) is 13.8 Å². The predicted octanol–water partition coefficient (Wildman–Crippen LogP) is 8.15. The maximum atomic E-state index is 6.16. The Hall–Kier alpha value is -5.02. The van der Waals surface area contributed by atoms with Crippen molar-refractivity contribution in [3.05, 3.63) is 132 Å². The molecule has 41 heavy (non-hydrogen) atoms. The molecule has 0 N–H and O–H groups in total. The van der Waals surface area contributed by atoms with Crippen LogP contribution < -0.4 is 21.3 Å². The number of hydrogen-bond donors (Lipinski definition) is 0. The van der Waals surface area contributed by atoms with Gasteiger partial charge in [-0.3, -0.25) is 0 Å². The molecule has 2 aliphatic heterocycles. The molecule has 0 fully saturated rings. The molecular weight excluding hydrogens is 497 g/mol. The molecule has 0 saturated carbocycles. The standard InChI is InChI=1S/C38H26BNO/c1-23-8-7-9-27(18-23)40-34-19-24(2)14-16-33(34)39-32-12-5-3-10-28(32)31-21-26(22-35(40)38(31)39)25-15-17-37-30(20-25)29-11-4-6-13-36(29)41-37/h3-22H,1-2H3. The molecule has 1 aromatic heterocycles. The maximum Gasteiger partial charge on any atom is 0.248 e. The molecule has 0 aliphatic carbocycles. The van der Waals surface area contributed by atoms with E-state index in [0.717, 1.165) is 21.9 Å². The Kier molecular flexibility index (Phi) is 4.58. The number of nitrogens with zero attached hydrogens (tertiary/aromatic N) is 1. The summed E-state index contributed by atoms with van der Waals surface area (Å²) in [5, 5.41) is 2.31. The van der Waals surface area contributed by atoms with Crippen LogP contribution in [0.5, 0.6) is 0 Å². The number of anilines is 3. The fourth-order valence-corrected chi connectivity index (χ4v) is 7.16. The first-order valence-electron chi connectivity index (χ1n) is 14.3. The molecule has 0 bridgehead atoms. The minimum atomic E-state index is 0.224. The Bertz CT molecular complexity index is 2210. The Morgan fingerprint density at radius 2 is 1.37 bits per heavy atom. The molecule has 192 valence electrons. The van der Waals surface area contributed by atoms with Gasteiger partial charge in [-0.25, -0.2) is 0 Å². The highest BCUT2D eigenvalue weighted by molar-refractivity contribution is 7.01. The number of para-hydroxylation sites is 1. The van der Waals surface area contributed by atoms with Gasteiger partial charge in [-0.1, -0.05) is 78.3 Å². The van der Waals surface area contributed by atoms with Gasteiger partial charge in [-0.2, -0.15) is 0 Å². The van der Waals surface area contributed by atoms with Crippen molar-refractivity contribution in [2.45, 2.75) is 13.8 Å². The molecule has 0 radical (unpaired) electrons. The number of aryl methyl sites for hydroxylation is 2. The first-order valence-corrected chi connectivity index (χ1v) is 14.3. The number of hydrogen-bond acceptors (Lipinski definition) is 2. The van der Waals surface area contributed by atoms with Crippen molar-refractivity contribution in [3.63, 3.8) is 0 Å². The van der Waals surface area contributed by atoms with Crippen molar-refractivity contribution in [1.82, 2.24) is 0 Å². The number of rotatable bonds is 2. The van der Waals surface area contributed by atoms with Crippen LogP contribution in [0.1, 0.15) is 11.1 Å². The quantitative estimate of drug-likeness (QED) is 0.213. The van der Waals surface area contributed by atoms with Crippen LogP contribution >= 0.6 is 0 Å². The van der Waals surface area contributed by atoms with E-state index in [-0.39, 0.29) is 6.71 Å². The van der Waals surface area contributed by atoms with Gasteiger partial charge in [0.05, 0.1) is 0 Å². The number of benzene rings is 6. The van der Waals surface area contributed by atoms with Gasteiger partial charge in [-0.05, 0) is 107 Å². The smallest absolute Gasteiger partial charge is 0.248 e. The van der Waals surface area contributed by atoms with E-state index in [1.165, 1.54) is 66.8 Å². The summed E-state index contributed by atoms with van der Waals surface area (Å²) in [5.41, 5.74) is 17.4. The molecule has 6 aromatic carbocycles. The van der Waals surface area contributed by atoms with Crippen LogP contribution in [0.15, 0.2) is 126 Å². The summed E-state index contributed by atoms with van der Waals surface area (Å²) in [6, 6.07) is 44.6. The highest BCUT2D eigenvalue weighted by Gasteiger charge is 2.42.